The molecule has 0 aliphatic carbocycles. The summed E-state index contributed by atoms with van der Waals surface area (Å²) in [6, 6.07) is 7.77. The van der Waals surface area contributed by atoms with Crippen LogP contribution < -0.4 is 5.32 Å². The number of alkyl halides is 3. The predicted octanol–water partition coefficient (Wildman–Crippen LogP) is 3.11. The van der Waals surface area contributed by atoms with Crippen LogP contribution in [0.2, 0.25) is 0 Å². The number of carboxylic acids is 1. The second-order valence-corrected chi connectivity index (χ2v) is 4.82. The summed E-state index contributed by atoms with van der Waals surface area (Å²) in [6.07, 6.45) is -4.90. The highest BCUT2D eigenvalue weighted by Gasteiger charge is 2.40. The smallest absolute Gasteiger partial charge is 0.435 e. The van der Waals surface area contributed by atoms with Gasteiger partial charge in [0, 0.05) is 5.56 Å². The lowest BCUT2D eigenvalue weighted by Gasteiger charge is -2.03. The highest BCUT2D eigenvalue weighted by atomic mass is 32.1. The van der Waals surface area contributed by atoms with Gasteiger partial charge in [-0.1, -0.05) is 29.5 Å². The number of thiazole rings is 1. The van der Waals surface area contributed by atoms with Gasteiger partial charge in [0.1, 0.15) is 4.88 Å². The van der Waals surface area contributed by atoms with Crippen LogP contribution in [0.1, 0.15) is 25.7 Å². The zero-order chi connectivity index (χ0) is 15.6. The minimum atomic E-state index is -4.90. The fraction of sp³-hybridized carbons (Fsp3) is 0.0833. The van der Waals surface area contributed by atoms with Gasteiger partial charge < -0.3 is 5.11 Å². The number of amides is 1. The van der Waals surface area contributed by atoms with Gasteiger partial charge in [-0.05, 0) is 12.1 Å². The van der Waals surface area contributed by atoms with Crippen molar-refractivity contribution in [1.29, 1.82) is 0 Å². The Labute approximate surface area is 120 Å². The molecule has 5 nitrogen and oxygen atoms in total. The van der Waals surface area contributed by atoms with Gasteiger partial charge in [-0.25, -0.2) is 9.78 Å². The molecule has 0 saturated carbocycles. The topological polar surface area (TPSA) is 79.3 Å². The standard InChI is InChI=1S/C12H7F3N2O3S/c13-12(14,15)8-7(10(19)20)21-11(16-8)17-9(18)6-4-2-1-3-5-6/h1-5H,(H,19,20)(H,16,17,18). The van der Waals surface area contributed by atoms with Crippen molar-refractivity contribution in [2.75, 3.05) is 5.32 Å². The summed E-state index contributed by atoms with van der Waals surface area (Å²) in [7, 11) is 0. The van der Waals surface area contributed by atoms with E-state index < -0.39 is 33.8 Å². The van der Waals surface area contributed by atoms with Crippen molar-refractivity contribution in [3.05, 3.63) is 46.5 Å². The number of anilines is 1. The summed E-state index contributed by atoms with van der Waals surface area (Å²) in [5, 5.41) is 10.5. The molecule has 1 aromatic heterocycles. The SMILES string of the molecule is O=C(Nc1nc(C(F)(F)F)c(C(=O)O)s1)c1ccccc1. The van der Waals surface area contributed by atoms with Crippen LogP contribution in [0.5, 0.6) is 0 Å². The van der Waals surface area contributed by atoms with E-state index >= 15 is 0 Å². The zero-order valence-corrected chi connectivity index (χ0v) is 11.0. The Morgan fingerprint density at radius 1 is 1.19 bits per heavy atom. The third-order valence-corrected chi connectivity index (χ3v) is 3.31. The summed E-state index contributed by atoms with van der Waals surface area (Å²) < 4.78 is 38.0. The zero-order valence-electron chi connectivity index (χ0n) is 10.1. The molecule has 1 heterocycles. The molecule has 21 heavy (non-hydrogen) atoms. The van der Waals surface area contributed by atoms with Crippen molar-refractivity contribution in [3.8, 4) is 0 Å². The van der Waals surface area contributed by atoms with E-state index in [1.54, 1.807) is 18.2 Å². The van der Waals surface area contributed by atoms with Gasteiger partial charge in [0.05, 0.1) is 0 Å². The molecule has 0 aliphatic heterocycles. The molecule has 2 N–H and O–H groups in total. The van der Waals surface area contributed by atoms with Crippen LogP contribution in [0.25, 0.3) is 0 Å². The molecule has 0 fully saturated rings. The van der Waals surface area contributed by atoms with Gasteiger partial charge in [0.15, 0.2) is 10.8 Å². The Morgan fingerprint density at radius 2 is 1.81 bits per heavy atom. The van der Waals surface area contributed by atoms with E-state index in [0.717, 1.165) is 0 Å². The number of hydrogen-bond donors (Lipinski definition) is 2. The molecule has 110 valence electrons. The molecule has 0 saturated heterocycles. The van der Waals surface area contributed by atoms with E-state index in [1.807, 2.05) is 0 Å². The molecule has 0 aliphatic rings. The summed E-state index contributed by atoms with van der Waals surface area (Å²) in [5.74, 6) is -2.42. The molecule has 2 aromatic rings. The van der Waals surface area contributed by atoms with Crippen molar-refractivity contribution in [3.63, 3.8) is 0 Å². The van der Waals surface area contributed by atoms with Gasteiger partial charge in [0.25, 0.3) is 5.91 Å². The van der Waals surface area contributed by atoms with Crippen molar-refractivity contribution in [2.45, 2.75) is 6.18 Å². The number of halogens is 3. The molecular formula is C12H7F3N2O3S. The van der Waals surface area contributed by atoms with Crippen LogP contribution in [-0.2, 0) is 6.18 Å². The minimum Gasteiger partial charge on any atom is -0.477 e. The number of carbonyl (C=O) groups excluding carboxylic acids is 1. The van der Waals surface area contributed by atoms with Gasteiger partial charge in [0.2, 0.25) is 0 Å². The molecule has 2 rings (SSSR count). The van der Waals surface area contributed by atoms with Crippen molar-refractivity contribution >= 4 is 28.3 Å². The number of aromatic nitrogens is 1. The number of nitrogens with zero attached hydrogens (tertiary/aromatic N) is 1. The minimum absolute atomic E-state index is 0.220. The molecule has 1 amide bonds. The highest BCUT2D eigenvalue weighted by Crippen LogP contribution is 2.36. The Kier molecular flexibility index (Phi) is 3.94. The first-order chi connectivity index (χ1) is 9.79. The van der Waals surface area contributed by atoms with Crippen molar-refractivity contribution in [1.82, 2.24) is 4.98 Å². The van der Waals surface area contributed by atoms with Crippen LogP contribution in [0, 0.1) is 0 Å². The lowest BCUT2D eigenvalue weighted by atomic mass is 10.2. The lowest BCUT2D eigenvalue weighted by molar-refractivity contribution is -0.141. The second-order valence-electron chi connectivity index (χ2n) is 3.82. The second kappa shape index (κ2) is 5.52. The molecule has 0 bridgehead atoms. The number of hydrogen-bond acceptors (Lipinski definition) is 4. The number of nitrogens with one attached hydrogen (secondary N) is 1. The lowest BCUT2D eigenvalue weighted by Crippen LogP contribution is -2.13. The number of carbonyl (C=O) groups is 2. The Balaban J connectivity index is 2.30. The van der Waals surface area contributed by atoms with E-state index in [0.29, 0.717) is 0 Å². The van der Waals surface area contributed by atoms with Crippen LogP contribution in [-0.4, -0.2) is 22.0 Å². The highest BCUT2D eigenvalue weighted by molar-refractivity contribution is 7.17. The van der Waals surface area contributed by atoms with E-state index in [9.17, 15) is 22.8 Å². The average molecular weight is 316 g/mol. The first kappa shape index (κ1) is 15.0. The van der Waals surface area contributed by atoms with Gasteiger partial charge in [-0.15, -0.1) is 0 Å². The van der Waals surface area contributed by atoms with E-state index in [2.05, 4.69) is 10.3 Å². The quantitative estimate of drug-likeness (QED) is 0.912. The monoisotopic (exact) mass is 316 g/mol. The molecule has 0 atom stereocenters. The number of carboxylic acid groups (broad SMARTS) is 1. The van der Waals surface area contributed by atoms with Gasteiger partial charge >= 0.3 is 12.1 Å². The van der Waals surface area contributed by atoms with Gasteiger partial charge in [-0.2, -0.15) is 13.2 Å². The largest absolute Gasteiger partial charge is 0.477 e. The summed E-state index contributed by atoms with van der Waals surface area (Å²) >= 11 is 0.255. The normalized spacial score (nSPS) is 11.2. The number of aromatic carboxylic acids is 1. The van der Waals surface area contributed by atoms with Crippen LogP contribution in [0.15, 0.2) is 30.3 Å². The van der Waals surface area contributed by atoms with Crippen molar-refractivity contribution in [2.24, 2.45) is 0 Å². The Hall–Kier alpha value is -2.42. The Morgan fingerprint density at radius 3 is 2.29 bits per heavy atom. The maximum absolute atomic E-state index is 12.7. The Bertz CT molecular complexity index is 683. The fourth-order valence-corrected chi connectivity index (χ4v) is 2.29. The number of benzene rings is 1. The predicted molar refractivity (Wildman–Crippen MR) is 68.5 cm³/mol. The van der Waals surface area contributed by atoms with E-state index in [4.69, 9.17) is 5.11 Å². The third-order valence-electron chi connectivity index (χ3n) is 2.35. The molecule has 1 aromatic carbocycles. The molecule has 0 spiro atoms. The first-order valence-electron chi connectivity index (χ1n) is 5.46. The van der Waals surface area contributed by atoms with Crippen LogP contribution in [0.4, 0.5) is 18.3 Å². The van der Waals surface area contributed by atoms with E-state index in [-0.39, 0.29) is 16.9 Å². The molecule has 0 unspecified atom stereocenters. The molecule has 9 heteroatoms. The maximum atomic E-state index is 12.7. The van der Waals surface area contributed by atoms with Crippen LogP contribution in [0.3, 0.4) is 0 Å². The number of rotatable bonds is 3. The van der Waals surface area contributed by atoms with Gasteiger partial charge in [-0.3, -0.25) is 10.1 Å². The molecular weight excluding hydrogens is 309 g/mol. The summed E-state index contributed by atoms with van der Waals surface area (Å²) in [4.78, 5) is 24.8. The fourth-order valence-electron chi connectivity index (χ4n) is 1.47. The summed E-state index contributed by atoms with van der Waals surface area (Å²) in [5.41, 5.74) is -1.30. The van der Waals surface area contributed by atoms with Crippen LogP contribution >= 0.6 is 11.3 Å². The summed E-state index contributed by atoms with van der Waals surface area (Å²) in [6.45, 7) is 0. The maximum Gasteiger partial charge on any atom is 0.435 e. The molecule has 0 radical (unpaired) electrons. The third kappa shape index (κ3) is 3.37. The van der Waals surface area contributed by atoms with Crippen molar-refractivity contribution < 1.29 is 27.9 Å². The average Bonchev–Trinajstić information content (AvgIpc) is 2.84. The van der Waals surface area contributed by atoms with E-state index in [1.165, 1.54) is 12.1 Å². The first-order valence-corrected chi connectivity index (χ1v) is 6.28.